The number of likely N-dealkylation sites (tertiary alicyclic amines) is 1. The summed E-state index contributed by atoms with van der Waals surface area (Å²) in [5, 5.41) is 5.14. The number of halogens is 1. The van der Waals surface area contributed by atoms with E-state index in [1.165, 1.54) is 0 Å². The Kier molecular flexibility index (Phi) is 6.57. The molecule has 9 heteroatoms. The standard InChI is InChI=1S/C21H27ClN4O3S/c1-14-11-25(12-15(2)28-14)20(27)16-6-8-24(9-7-16)13-26-21(30)29-19(23-26)17-4-3-5-18(22)10-17/h3-5,10,14-16H,6-9,11-13H2,1-2H3/t14-,15-/m1/s1. The van der Waals surface area contributed by atoms with E-state index in [1.54, 1.807) is 16.8 Å². The van der Waals surface area contributed by atoms with Gasteiger partial charge in [-0.25, -0.2) is 4.68 Å². The number of hydrogen-bond donors (Lipinski definition) is 0. The number of benzene rings is 1. The monoisotopic (exact) mass is 450 g/mol. The molecule has 2 aromatic rings. The van der Waals surface area contributed by atoms with E-state index in [0.717, 1.165) is 31.5 Å². The molecule has 0 spiro atoms. The largest absolute Gasteiger partial charge is 0.409 e. The van der Waals surface area contributed by atoms with Crippen LogP contribution in [-0.4, -0.2) is 63.9 Å². The highest BCUT2D eigenvalue weighted by molar-refractivity contribution is 7.71. The Morgan fingerprint density at radius 2 is 1.93 bits per heavy atom. The summed E-state index contributed by atoms with van der Waals surface area (Å²) < 4.78 is 13.1. The Hall–Kier alpha value is -1.74. The molecule has 1 aromatic carbocycles. The molecule has 2 saturated heterocycles. The number of aromatic nitrogens is 2. The number of hydrogen-bond acceptors (Lipinski definition) is 6. The third-order valence-corrected chi connectivity index (χ3v) is 6.21. The summed E-state index contributed by atoms with van der Waals surface area (Å²) in [7, 11) is 0. The molecule has 0 unspecified atom stereocenters. The van der Waals surface area contributed by atoms with E-state index in [1.807, 2.05) is 30.9 Å². The molecule has 30 heavy (non-hydrogen) atoms. The summed E-state index contributed by atoms with van der Waals surface area (Å²) in [5.74, 6) is 0.798. The van der Waals surface area contributed by atoms with Crippen molar-refractivity contribution in [2.24, 2.45) is 5.92 Å². The summed E-state index contributed by atoms with van der Waals surface area (Å²) >= 11 is 11.4. The molecule has 2 fully saturated rings. The van der Waals surface area contributed by atoms with Crippen LogP contribution in [-0.2, 0) is 16.2 Å². The average molecular weight is 451 g/mol. The second kappa shape index (κ2) is 9.18. The first-order valence-corrected chi connectivity index (χ1v) is 11.2. The van der Waals surface area contributed by atoms with Crippen LogP contribution in [0.3, 0.4) is 0 Å². The van der Waals surface area contributed by atoms with E-state index in [4.69, 9.17) is 33.0 Å². The van der Waals surface area contributed by atoms with Crippen LogP contribution in [0, 0.1) is 10.8 Å². The third kappa shape index (κ3) is 4.94. The van der Waals surface area contributed by atoms with Gasteiger partial charge in [-0.2, -0.15) is 0 Å². The van der Waals surface area contributed by atoms with Crippen molar-refractivity contribution in [3.8, 4) is 11.5 Å². The van der Waals surface area contributed by atoms with Crippen molar-refractivity contribution >= 4 is 29.7 Å². The second-order valence-corrected chi connectivity index (χ2v) is 9.00. The fourth-order valence-electron chi connectivity index (χ4n) is 4.26. The van der Waals surface area contributed by atoms with E-state index >= 15 is 0 Å². The first-order chi connectivity index (χ1) is 14.4. The van der Waals surface area contributed by atoms with Crippen LogP contribution in [0.1, 0.15) is 26.7 Å². The smallest absolute Gasteiger partial charge is 0.288 e. The van der Waals surface area contributed by atoms with E-state index < -0.39 is 0 Å². The molecule has 0 N–H and O–H groups in total. The van der Waals surface area contributed by atoms with Gasteiger partial charge in [0.25, 0.3) is 4.84 Å². The van der Waals surface area contributed by atoms with Crippen molar-refractivity contribution in [3.05, 3.63) is 34.1 Å². The lowest BCUT2D eigenvalue weighted by Crippen LogP contribution is -2.51. The van der Waals surface area contributed by atoms with Gasteiger partial charge in [-0.05, 0) is 57.1 Å². The van der Waals surface area contributed by atoms with Gasteiger partial charge in [0.05, 0.1) is 18.9 Å². The molecule has 2 aliphatic heterocycles. The third-order valence-electron chi connectivity index (χ3n) is 5.68. The first-order valence-electron chi connectivity index (χ1n) is 10.4. The molecule has 2 aliphatic rings. The molecule has 2 atom stereocenters. The van der Waals surface area contributed by atoms with Gasteiger partial charge in [-0.3, -0.25) is 9.69 Å². The fraction of sp³-hybridized carbons (Fsp3) is 0.571. The zero-order valence-electron chi connectivity index (χ0n) is 17.3. The van der Waals surface area contributed by atoms with E-state index in [0.29, 0.717) is 35.5 Å². The molecule has 0 bridgehead atoms. The maximum Gasteiger partial charge on any atom is 0.288 e. The van der Waals surface area contributed by atoms with Crippen molar-refractivity contribution in [3.63, 3.8) is 0 Å². The van der Waals surface area contributed by atoms with Crippen LogP contribution in [0.25, 0.3) is 11.5 Å². The molecule has 0 radical (unpaired) electrons. The average Bonchev–Trinajstić information content (AvgIpc) is 3.08. The van der Waals surface area contributed by atoms with Gasteiger partial charge in [-0.15, -0.1) is 5.10 Å². The maximum atomic E-state index is 12.9. The molecule has 4 rings (SSSR count). The summed E-state index contributed by atoms with van der Waals surface area (Å²) in [6, 6.07) is 7.35. The van der Waals surface area contributed by atoms with Gasteiger partial charge >= 0.3 is 0 Å². The van der Waals surface area contributed by atoms with E-state index in [2.05, 4.69) is 10.00 Å². The molecule has 7 nitrogen and oxygen atoms in total. The van der Waals surface area contributed by atoms with Crippen molar-refractivity contribution in [1.82, 2.24) is 19.6 Å². The molecule has 0 saturated carbocycles. The van der Waals surface area contributed by atoms with Gasteiger partial charge in [0.1, 0.15) is 0 Å². The van der Waals surface area contributed by atoms with E-state index in [9.17, 15) is 4.79 Å². The molecular weight excluding hydrogens is 424 g/mol. The molecule has 1 amide bonds. The SMILES string of the molecule is C[C@@H]1CN(C(=O)C2CCN(Cn3nc(-c4cccc(Cl)c4)oc3=S)CC2)C[C@@H](C)O1. The lowest BCUT2D eigenvalue weighted by atomic mass is 9.95. The predicted octanol–water partition coefficient (Wildman–Crippen LogP) is 3.83. The number of ether oxygens (including phenoxy) is 1. The van der Waals surface area contributed by atoms with Gasteiger partial charge in [-0.1, -0.05) is 17.7 Å². The quantitative estimate of drug-likeness (QED) is 0.659. The molecule has 0 aliphatic carbocycles. The summed E-state index contributed by atoms with van der Waals surface area (Å²) in [4.78, 5) is 17.5. The minimum absolute atomic E-state index is 0.0750. The normalized spacial score (nSPS) is 23.6. The second-order valence-electron chi connectivity index (χ2n) is 8.22. The maximum absolute atomic E-state index is 12.9. The Labute approximate surface area is 186 Å². The van der Waals surface area contributed by atoms with Crippen LogP contribution >= 0.6 is 23.8 Å². The summed E-state index contributed by atoms with van der Waals surface area (Å²) in [5.41, 5.74) is 0.797. The summed E-state index contributed by atoms with van der Waals surface area (Å²) in [6.45, 7) is 7.62. The van der Waals surface area contributed by atoms with Gasteiger partial charge in [0, 0.05) is 42.7 Å². The van der Waals surface area contributed by atoms with Gasteiger partial charge < -0.3 is 14.1 Å². The fourth-order valence-corrected chi connectivity index (χ4v) is 4.63. The number of carbonyl (C=O) groups excluding carboxylic acids is 1. The van der Waals surface area contributed by atoms with Crippen LogP contribution in [0.2, 0.25) is 5.02 Å². The van der Waals surface area contributed by atoms with Crippen molar-refractivity contribution in [2.45, 2.75) is 45.6 Å². The van der Waals surface area contributed by atoms with Crippen molar-refractivity contribution < 1.29 is 13.9 Å². The van der Waals surface area contributed by atoms with Crippen molar-refractivity contribution in [1.29, 1.82) is 0 Å². The first kappa shape index (κ1) is 21.5. The van der Waals surface area contributed by atoms with Crippen molar-refractivity contribution in [2.75, 3.05) is 26.2 Å². The van der Waals surface area contributed by atoms with Crippen LogP contribution in [0.5, 0.6) is 0 Å². The molecule has 1 aromatic heterocycles. The number of amides is 1. The molecular formula is C21H27ClN4O3S. The number of rotatable bonds is 4. The Morgan fingerprint density at radius 3 is 2.60 bits per heavy atom. The Bertz CT molecular complexity index is 944. The number of piperidine rings is 1. The Balaban J connectivity index is 1.34. The zero-order chi connectivity index (χ0) is 21.3. The number of carbonyl (C=O) groups is 1. The highest BCUT2D eigenvalue weighted by atomic mass is 35.5. The minimum atomic E-state index is 0.0750. The highest BCUT2D eigenvalue weighted by Crippen LogP contribution is 2.24. The topological polar surface area (TPSA) is 63.7 Å². The van der Waals surface area contributed by atoms with Crippen LogP contribution in [0.15, 0.2) is 28.7 Å². The van der Waals surface area contributed by atoms with Gasteiger partial charge in [0.2, 0.25) is 11.8 Å². The van der Waals surface area contributed by atoms with Crippen LogP contribution < -0.4 is 0 Å². The highest BCUT2D eigenvalue weighted by Gasteiger charge is 2.32. The number of morpholine rings is 1. The molecule has 3 heterocycles. The predicted molar refractivity (Wildman–Crippen MR) is 117 cm³/mol. The van der Waals surface area contributed by atoms with E-state index in [-0.39, 0.29) is 24.0 Å². The lowest BCUT2D eigenvalue weighted by molar-refractivity contribution is -0.149. The van der Waals surface area contributed by atoms with Gasteiger partial charge in [0.15, 0.2) is 0 Å². The van der Waals surface area contributed by atoms with Crippen LogP contribution in [0.4, 0.5) is 0 Å². The Morgan fingerprint density at radius 1 is 1.23 bits per heavy atom. The summed E-state index contributed by atoms with van der Waals surface area (Å²) in [6.07, 6.45) is 1.87. The lowest BCUT2D eigenvalue weighted by Gasteiger charge is -2.39. The molecule has 162 valence electrons. The number of nitrogens with zero attached hydrogens (tertiary/aromatic N) is 4. The zero-order valence-corrected chi connectivity index (χ0v) is 18.9. The minimum Gasteiger partial charge on any atom is -0.409 e.